The van der Waals surface area contributed by atoms with E-state index in [4.69, 9.17) is 5.11 Å². The molecule has 0 aromatic rings. The molecule has 0 aliphatic heterocycles. The lowest BCUT2D eigenvalue weighted by molar-refractivity contribution is -0.137. The number of hydrogen-bond acceptors (Lipinski definition) is 2. The van der Waals surface area contributed by atoms with E-state index in [9.17, 15) is 9.90 Å². The largest absolute Gasteiger partial charge is 0.481 e. The van der Waals surface area contributed by atoms with Crippen LogP contribution < -0.4 is 0 Å². The van der Waals surface area contributed by atoms with Crippen molar-refractivity contribution >= 4 is 5.97 Å². The van der Waals surface area contributed by atoms with Crippen molar-refractivity contribution < 1.29 is 15.0 Å². The average Bonchev–Trinajstić information content (AvgIpc) is 2.51. The van der Waals surface area contributed by atoms with Crippen LogP contribution in [0.5, 0.6) is 0 Å². The van der Waals surface area contributed by atoms with Crippen molar-refractivity contribution in [1.29, 1.82) is 0 Å². The molecule has 0 saturated heterocycles. The minimum absolute atomic E-state index is 0.299. The molecule has 0 spiro atoms. The summed E-state index contributed by atoms with van der Waals surface area (Å²) in [5.74, 6) is -0.681. The number of rotatable bonds is 16. The van der Waals surface area contributed by atoms with E-state index in [2.05, 4.69) is 13.0 Å². The Morgan fingerprint density at radius 1 is 0.913 bits per heavy atom. The Hall–Kier alpha value is -1.09. The molecule has 1 atom stereocenters. The summed E-state index contributed by atoms with van der Waals surface area (Å²) < 4.78 is 0. The maximum Gasteiger partial charge on any atom is 0.303 e. The number of allylic oxidation sites excluding steroid dienone is 3. The van der Waals surface area contributed by atoms with Gasteiger partial charge in [-0.2, -0.15) is 0 Å². The molecule has 0 amide bonds. The minimum atomic E-state index is -0.681. The molecule has 23 heavy (non-hydrogen) atoms. The molecule has 2 N–H and O–H groups in total. The van der Waals surface area contributed by atoms with Crippen LogP contribution in [0.25, 0.3) is 0 Å². The highest BCUT2D eigenvalue weighted by molar-refractivity contribution is 5.66. The van der Waals surface area contributed by atoms with Gasteiger partial charge in [-0.25, -0.2) is 0 Å². The third kappa shape index (κ3) is 18.9. The average molecular weight is 325 g/mol. The summed E-state index contributed by atoms with van der Waals surface area (Å²) in [7, 11) is 0. The van der Waals surface area contributed by atoms with Crippen LogP contribution in [0.4, 0.5) is 0 Å². The zero-order chi connectivity index (χ0) is 17.2. The van der Waals surface area contributed by atoms with Gasteiger partial charge in [-0.15, -0.1) is 0 Å². The third-order valence-corrected chi connectivity index (χ3v) is 3.95. The fourth-order valence-corrected chi connectivity index (χ4v) is 2.49. The highest BCUT2D eigenvalue weighted by Gasteiger charge is 1.97. The van der Waals surface area contributed by atoms with Crippen molar-refractivity contribution in [3.8, 4) is 0 Å². The Kier molecular flexibility index (Phi) is 16.4. The zero-order valence-corrected chi connectivity index (χ0v) is 14.9. The Balaban J connectivity index is 3.32. The maximum absolute atomic E-state index is 10.4. The first-order valence-corrected chi connectivity index (χ1v) is 9.40. The van der Waals surface area contributed by atoms with Crippen molar-refractivity contribution in [1.82, 2.24) is 0 Å². The van der Waals surface area contributed by atoms with Gasteiger partial charge in [0, 0.05) is 6.42 Å². The van der Waals surface area contributed by atoms with E-state index in [1.807, 2.05) is 18.2 Å². The molecule has 0 saturated carbocycles. The molecule has 3 heteroatoms. The second-order valence-electron chi connectivity index (χ2n) is 6.28. The van der Waals surface area contributed by atoms with E-state index in [-0.39, 0.29) is 6.10 Å². The van der Waals surface area contributed by atoms with Crippen LogP contribution in [0.1, 0.15) is 90.4 Å². The van der Waals surface area contributed by atoms with Gasteiger partial charge in [0.2, 0.25) is 0 Å². The summed E-state index contributed by atoms with van der Waals surface area (Å²) in [5, 5.41) is 18.2. The highest BCUT2D eigenvalue weighted by atomic mass is 16.4. The van der Waals surface area contributed by atoms with Gasteiger partial charge in [0.15, 0.2) is 0 Å². The Labute approximate surface area is 142 Å². The van der Waals surface area contributed by atoms with Crippen LogP contribution in [0.15, 0.2) is 24.3 Å². The predicted molar refractivity (Wildman–Crippen MR) is 97.6 cm³/mol. The lowest BCUT2D eigenvalue weighted by atomic mass is 10.1. The molecule has 134 valence electrons. The van der Waals surface area contributed by atoms with Crippen LogP contribution >= 0.6 is 0 Å². The van der Waals surface area contributed by atoms with E-state index in [1.165, 1.54) is 38.5 Å². The molecule has 1 unspecified atom stereocenters. The zero-order valence-electron chi connectivity index (χ0n) is 14.9. The Morgan fingerprint density at radius 2 is 1.57 bits per heavy atom. The van der Waals surface area contributed by atoms with Gasteiger partial charge >= 0.3 is 5.97 Å². The lowest BCUT2D eigenvalue weighted by Crippen LogP contribution is -2.00. The molecule has 0 aromatic heterocycles. The molecule has 0 aliphatic rings. The summed E-state index contributed by atoms with van der Waals surface area (Å²) in [6.45, 7) is 2.17. The summed E-state index contributed by atoms with van der Waals surface area (Å²) in [5.41, 5.74) is 0. The van der Waals surface area contributed by atoms with Crippen LogP contribution in [0.2, 0.25) is 0 Å². The van der Waals surface area contributed by atoms with Crippen LogP contribution in [-0.4, -0.2) is 22.3 Å². The van der Waals surface area contributed by atoms with Gasteiger partial charge in [0.05, 0.1) is 6.10 Å². The quantitative estimate of drug-likeness (QED) is 0.285. The first kappa shape index (κ1) is 21.9. The number of unbranched alkanes of at least 4 members (excludes halogenated alkanes) is 9. The van der Waals surface area contributed by atoms with Crippen molar-refractivity contribution in [2.24, 2.45) is 0 Å². The summed E-state index contributed by atoms with van der Waals surface area (Å²) in [6.07, 6.45) is 21.4. The fraction of sp³-hybridized carbons (Fsp3) is 0.750. The number of hydrogen-bond donors (Lipinski definition) is 2. The Morgan fingerprint density at radius 3 is 2.22 bits per heavy atom. The van der Waals surface area contributed by atoms with Gasteiger partial charge in [-0.1, -0.05) is 82.6 Å². The maximum atomic E-state index is 10.4. The second-order valence-corrected chi connectivity index (χ2v) is 6.28. The second kappa shape index (κ2) is 17.3. The van der Waals surface area contributed by atoms with Crippen LogP contribution in [0, 0.1) is 0 Å². The van der Waals surface area contributed by atoms with E-state index in [1.54, 1.807) is 0 Å². The van der Waals surface area contributed by atoms with Gasteiger partial charge in [0.25, 0.3) is 0 Å². The molecule has 0 bridgehead atoms. The van der Waals surface area contributed by atoms with Crippen molar-refractivity contribution in [2.45, 2.75) is 96.5 Å². The monoisotopic (exact) mass is 324 g/mol. The number of carbonyl (C=O) groups is 1. The molecule has 0 fully saturated rings. The molecule has 0 radical (unpaired) electrons. The topological polar surface area (TPSA) is 57.5 Å². The van der Waals surface area contributed by atoms with Crippen LogP contribution in [-0.2, 0) is 4.79 Å². The normalized spacial score (nSPS) is 13.1. The molecule has 0 rings (SSSR count). The van der Waals surface area contributed by atoms with Gasteiger partial charge < -0.3 is 10.2 Å². The molecule has 0 aliphatic carbocycles. The number of aliphatic carboxylic acids is 1. The van der Waals surface area contributed by atoms with Gasteiger partial charge in [-0.05, 0) is 25.7 Å². The SMILES string of the molecule is CCCCCC(O)/C=C\C=C/CCCCCCCCCC(=O)O. The van der Waals surface area contributed by atoms with Crippen molar-refractivity contribution in [3.05, 3.63) is 24.3 Å². The molecular formula is C20H36O3. The van der Waals surface area contributed by atoms with E-state index < -0.39 is 5.97 Å². The smallest absolute Gasteiger partial charge is 0.303 e. The molecule has 3 nitrogen and oxygen atoms in total. The van der Waals surface area contributed by atoms with Crippen LogP contribution in [0.3, 0.4) is 0 Å². The summed E-state index contributed by atoms with van der Waals surface area (Å²) in [6, 6.07) is 0. The lowest BCUT2D eigenvalue weighted by Gasteiger charge is -2.03. The molecule has 0 heterocycles. The van der Waals surface area contributed by atoms with E-state index in [0.29, 0.717) is 6.42 Å². The molecular weight excluding hydrogens is 288 g/mol. The first-order valence-electron chi connectivity index (χ1n) is 9.40. The predicted octanol–water partition coefficient (Wildman–Crippen LogP) is 5.64. The first-order chi connectivity index (χ1) is 11.2. The standard InChI is InChI=1S/C20H36O3/c1-2-3-13-16-19(21)17-14-11-9-7-5-4-6-8-10-12-15-18-20(22)23/h9,11,14,17,19,21H,2-8,10,12-13,15-16,18H2,1H3,(H,22,23)/b11-9-,17-14-. The summed E-state index contributed by atoms with van der Waals surface area (Å²) >= 11 is 0. The number of aliphatic hydroxyl groups excluding tert-OH is 1. The number of carboxylic acid groups (broad SMARTS) is 1. The summed E-state index contributed by atoms with van der Waals surface area (Å²) in [4.78, 5) is 10.4. The third-order valence-electron chi connectivity index (χ3n) is 3.95. The van der Waals surface area contributed by atoms with Gasteiger partial charge in [-0.3, -0.25) is 4.79 Å². The number of carboxylic acids is 1. The number of aliphatic hydroxyl groups is 1. The van der Waals surface area contributed by atoms with E-state index in [0.717, 1.165) is 38.5 Å². The molecule has 0 aromatic carbocycles. The highest BCUT2D eigenvalue weighted by Crippen LogP contribution is 2.10. The Bertz CT molecular complexity index is 321. The van der Waals surface area contributed by atoms with Crippen molar-refractivity contribution in [2.75, 3.05) is 0 Å². The van der Waals surface area contributed by atoms with Crippen molar-refractivity contribution in [3.63, 3.8) is 0 Å². The van der Waals surface area contributed by atoms with E-state index >= 15 is 0 Å². The minimum Gasteiger partial charge on any atom is -0.481 e. The van der Waals surface area contributed by atoms with Gasteiger partial charge in [0.1, 0.15) is 0 Å². The fourth-order valence-electron chi connectivity index (χ4n) is 2.49.